The first-order chi connectivity index (χ1) is 7.25. The van der Waals surface area contributed by atoms with E-state index in [2.05, 4.69) is 40.2 Å². The van der Waals surface area contributed by atoms with Crippen molar-refractivity contribution in [3.63, 3.8) is 0 Å². The molecule has 0 radical (unpaired) electrons. The van der Waals surface area contributed by atoms with Crippen LogP contribution in [-0.4, -0.2) is 19.3 Å². The van der Waals surface area contributed by atoms with Crippen molar-refractivity contribution in [2.45, 2.75) is 18.9 Å². The first-order valence-electron chi connectivity index (χ1n) is 5.33. The summed E-state index contributed by atoms with van der Waals surface area (Å²) in [6.07, 6.45) is 2.01. The Kier molecular flexibility index (Phi) is 3.78. The highest BCUT2D eigenvalue weighted by Crippen LogP contribution is 2.19. The lowest BCUT2D eigenvalue weighted by Crippen LogP contribution is -2.39. The molecule has 1 aliphatic heterocycles. The van der Waals surface area contributed by atoms with E-state index in [-0.39, 0.29) is 0 Å². The highest BCUT2D eigenvalue weighted by molar-refractivity contribution is 9.10. The molecule has 1 fully saturated rings. The van der Waals surface area contributed by atoms with Gasteiger partial charge in [-0.3, -0.25) is 0 Å². The molecular weight excluding hydrogens is 254 g/mol. The number of hydrogen-bond donors (Lipinski definition) is 1. The Balaban J connectivity index is 1.98. The van der Waals surface area contributed by atoms with Gasteiger partial charge in [-0.05, 0) is 30.5 Å². The first-order valence-corrected chi connectivity index (χ1v) is 6.13. The number of hydrogen-bond acceptors (Lipinski definition) is 2. The van der Waals surface area contributed by atoms with E-state index in [1.165, 1.54) is 5.56 Å². The molecule has 2 N–H and O–H groups in total. The molecule has 1 aliphatic rings. The van der Waals surface area contributed by atoms with Gasteiger partial charge in [0.1, 0.15) is 0 Å². The predicted molar refractivity (Wildman–Crippen MR) is 64.7 cm³/mol. The van der Waals surface area contributed by atoms with Crippen molar-refractivity contribution in [1.82, 2.24) is 0 Å². The van der Waals surface area contributed by atoms with Crippen LogP contribution in [0.4, 0.5) is 0 Å². The summed E-state index contributed by atoms with van der Waals surface area (Å²) in [6.45, 7) is 1.62. The molecule has 15 heavy (non-hydrogen) atoms. The molecule has 0 aromatic heterocycles. The van der Waals surface area contributed by atoms with Crippen LogP contribution in [0.3, 0.4) is 0 Å². The number of benzene rings is 1. The van der Waals surface area contributed by atoms with Crippen molar-refractivity contribution in [3.8, 4) is 0 Å². The summed E-state index contributed by atoms with van der Waals surface area (Å²) in [5.41, 5.74) is 7.40. The van der Waals surface area contributed by atoms with E-state index in [4.69, 9.17) is 10.5 Å². The summed E-state index contributed by atoms with van der Waals surface area (Å²) in [4.78, 5) is 0. The van der Waals surface area contributed by atoms with Gasteiger partial charge in [0, 0.05) is 23.0 Å². The number of nitrogens with two attached hydrogens (primary N) is 1. The van der Waals surface area contributed by atoms with Crippen molar-refractivity contribution in [1.29, 1.82) is 0 Å². The maximum absolute atomic E-state index is 6.07. The molecule has 0 saturated carbocycles. The van der Waals surface area contributed by atoms with E-state index in [1.807, 2.05) is 0 Å². The fourth-order valence-electron chi connectivity index (χ4n) is 1.95. The van der Waals surface area contributed by atoms with Crippen molar-refractivity contribution in [2.24, 2.45) is 11.7 Å². The van der Waals surface area contributed by atoms with Gasteiger partial charge in [-0.15, -0.1) is 0 Å². The van der Waals surface area contributed by atoms with Gasteiger partial charge in [0.15, 0.2) is 0 Å². The summed E-state index contributed by atoms with van der Waals surface area (Å²) in [5.74, 6) is 0.472. The Morgan fingerprint density at radius 1 is 1.33 bits per heavy atom. The maximum atomic E-state index is 6.07. The van der Waals surface area contributed by atoms with Crippen LogP contribution in [0.5, 0.6) is 0 Å². The SMILES string of the molecule is N[C@@H]1CCOC[C@H]1Cc1ccc(Br)cc1. The minimum absolute atomic E-state index is 0.294. The molecule has 0 amide bonds. The first kappa shape index (κ1) is 11.1. The molecule has 1 aromatic carbocycles. The van der Waals surface area contributed by atoms with Crippen molar-refractivity contribution < 1.29 is 4.74 Å². The van der Waals surface area contributed by atoms with E-state index in [0.29, 0.717) is 12.0 Å². The van der Waals surface area contributed by atoms with Crippen LogP contribution < -0.4 is 5.73 Å². The Hall–Kier alpha value is -0.380. The lowest BCUT2D eigenvalue weighted by Gasteiger charge is -2.28. The van der Waals surface area contributed by atoms with Crippen LogP contribution in [0.1, 0.15) is 12.0 Å². The normalized spacial score (nSPS) is 26.5. The van der Waals surface area contributed by atoms with E-state index in [0.717, 1.165) is 30.5 Å². The standard InChI is InChI=1S/C12H16BrNO/c13-11-3-1-9(2-4-11)7-10-8-15-6-5-12(10)14/h1-4,10,12H,5-8,14H2/t10-,12-/m1/s1. The van der Waals surface area contributed by atoms with Gasteiger partial charge >= 0.3 is 0 Å². The molecule has 0 bridgehead atoms. The fourth-order valence-corrected chi connectivity index (χ4v) is 2.21. The quantitative estimate of drug-likeness (QED) is 0.895. The fraction of sp³-hybridized carbons (Fsp3) is 0.500. The zero-order chi connectivity index (χ0) is 10.7. The Morgan fingerprint density at radius 2 is 2.07 bits per heavy atom. The average Bonchev–Trinajstić information content (AvgIpc) is 2.25. The summed E-state index contributed by atoms with van der Waals surface area (Å²) < 4.78 is 6.58. The predicted octanol–water partition coefficient (Wildman–Crippen LogP) is 2.36. The number of halogens is 1. The van der Waals surface area contributed by atoms with Crippen LogP contribution in [0.2, 0.25) is 0 Å². The van der Waals surface area contributed by atoms with E-state index < -0.39 is 0 Å². The number of rotatable bonds is 2. The van der Waals surface area contributed by atoms with Gasteiger partial charge in [-0.1, -0.05) is 28.1 Å². The third-order valence-electron chi connectivity index (χ3n) is 2.94. The third-order valence-corrected chi connectivity index (χ3v) is 3.47. The van der Waals surface area contributed by atoms with Crippen LogP contribution in [0, 0.1) is 5.92 Å². The minimum atomic E-state index is 0.294. The minimum Gasteiger partial charge on any atom is -0.381 e. The second-order valence-corrected chi connectivity index (χ2v) is 5.03. The Morgan fingerprint density at radius 3 is 2.73 bits per heavy atom. The summed E-state index contributed by atoms with van der Waals surface area (Å²) in [7, 11) is 0. The number of ether oxygens (including phenoxy) is 1. The zero-order valence-electron chi connectivity index (χ0n) is 8.66. The molecule has 0 aliphatic carbocycles. The molecule has 2 rings (SSSR count). The van der Waals surface area contributed by atoms with Gasteiger partial charge < -0.3 is 10.5 Å². The summed E-state index contributed by atoms with van der Waals surface area (Å²) >= 11 is 3.43. The van der Waals surface area contributed by atoms with Gasteiger partial charge in [0.25, 0.3) is 0 Å². The van der Waals surface area contributed by atoms with Crippen molar-refractivity contribution in [3.05, 3.63) is 34.3 Å². The monoisotopic (exact) mass is 269 g/mol. The second kappa shape index (κ2) is 5.10. The Bertz CT molecular complexity index is 312. The van der Waals surface area contributed by atoms with Gasteiger partial charge in [-0.25, -0.2) is 0 Å². The largest absolute Gasteiger partial charge is 0.381 e. The molecular formula is C12H16BrNO. The Labute approximate surface area is 98.9 Å². The highest BCUT2D eigenvalue weighted by atomic mass is 79.9. The van der Waals surface area contributed by atoms with E-state index in [9.17, 15) is 0 Å². The third kappa shape index (κ3) is 3.03. The lowest BCUT2D eigenvalue weighted by molar-refractivity contribution is 0.0422. The van der Waals surface area contributed by atoms with Crippen molar-refractivity contribution in [2.75, 3.05) is 13.2 Å². The summed E-state index contributed by atoms with van der Waals surface area (Å²) in [5, 5.41) is 0. The second-order valence-electron chi connectivity index (χ2n) is 4.12. The van der Waals surface area contributed by atoms with Crippen LogP contribution >= 0.6 is 15.9 Å². The van der Waals surface area contributed by atoms with Crippen LogP contribution in [0.15, 0.2) is 28.7 Å². The zero-order valence-corrected chi connectivity index (χ0v) is 10.2. The molecule has 1 aromatic rings. The summed E-state index contributed by atoms with van der Waals surface area (Å²) in [6, 6.07) is 8.73. The maximum Gasteiger partial charge on any atom is 0.0512 e. The van der Waals surface area contributed by atoms with Gasteiger partial charge in [0.2, 0.25) is 0 Å². The molecule has 0 spiro atoms. The molecule has 1 heterocycles. The van der Waals surface area contributed by atoms with Gasteiger partial charge in [0.05, 0.1) is 6.61 Å². The molecule has 3 heteroatoms. The molecule has 2 nitrogen and oxygen atoms in total. The van der Waals surface area contributed by atoms with E-state index in [1.54, 1.807) is 0 Å². The van der Waals surface area contributed by atoms with Gasteiger partial charge in [-0.2, -0.15) is 0 Å². The van der Waals surface area contributed by atoms with E-state index >= 15 is 0 Å². The molecule has 2 atom stereocenters. The average molecular weight is 270 g/mol. The lowest BCUT2D eigenvalue weighted by atomic mass is 9.90. The smallest absolute Gasteiger partial charge is 0.0512 e. The topological polar surface area (TPSA) is 35.2 Å². The molecule has 1 saturated heterocycles. The van der Waals surface area contributed by atoms with Crippen molar-refractivity contribution >= 4 is 15.9 Å². The highest BCUT2D eigenvalue weighted by Gasteiger charge is 2.22. The molecule has 0 unspecified atom stereocenters. The van der Waals surface area contributed by atoms with Crippen LogP contribution in [-0.2, 0) is 11.2 Å². The van der Waals surface area contributed by atoms with Crippen LogP contribution in [0.25, 0.3) is 0 Å². The molecule has 82 valence electrons.